The summed E-state index contributed by atoms with van der Waals surface area (Å²) in [5.41, 5.74) is 2.29. The molecule has 3 rings (SSSR count). The van der Waals surface area contributed by atoms with Crippen LogP contribution in [-0.2, 0) is 22.6 Å². The molecule has 6 nitrogen and oxygen atoms in total. The summed E-state index contributed by atoms with van der Waals surface area (Å²) < 4.78 is 7.89. The van der Waals surface area contributed by atoms with Gasteiger partial charge in [-0.05, 0) is 39.8 Å². The molecule has 1 aromatic heterocycles. The van der Waals surface area contributed by atoms with Crippen LogP contribution in [0.4, 0.5) is 0 Å². The van der Waals surface area contributed by atoms with Crippen molar-refractivity contribution in [2.45, 2.75) is 38.8 Å². The first-order valence-corrected chi connectivity index (χ1v) is 8.63. The maximum atomic E-state index is 12.4. The van der Waals surface area contributed by atoms with Crippen LogP contribution in [-0.4, -0.2) is 65.9 Å². The zero-order chi connectivity index (χ0) is 16.4. The van der Waals surface area contributed by atoms with Gasteiger partial charge in [0.05, 0.1) is 25.4 Å². The van der Waals surface area contributed by atoms with Crippen LogP contribution in [0.3, 0.4) is 0 Å². The van der Waals surface area contributed by atoms with E-state index in [1.54, 1.807) is 0 Å². The minimum atomic E-state index is 0.166. The smallest absolute Gasteiger partial charge is 0.237 e. The number of amides is 1. The molecule has 0 spiro atoms. The van der Waals surface area contributed by atoms with Crippen LogP contribution in [0.2, 0.25) is 0 Å². The molecule has 1 aliphatic carbocycles. The normalized spacial score (nSPS) is 20.9. The first-order chi connectivity index (χ1) is 11.1. The summed E-state index contributed by atoms with van der Waals surface area (Å²) in [6, 6.07) is 0. The second-order valence-electron chi connectivity index (χ2n) is 7.08. The summed E-state index contributed by atoms with van der Waals surface area (Å²) in [6.45, 7) is 6.29. The molecular formula is C17H28N4O2. The number of carbonyl (C=O) groups is 1. The predicted octanol–water partition coefficient (Wildman–Crippen LogP) is 1.32. The molecule has 23 heavy (non-hydrogen) atoms. The number of aromatic nitrogens is 2. The molecule has 0 radical (unpaired) electrons. The minimum Gasteiger partial charge on any atom is -0.380 e. The van der Waals surface area contributed by atoms with Crippen LogP contribution in [0.5, 0.6) is 0 Å². The number of rotatable bonds is 7. The summed E-state index contributed by atoms with van der Waals surface area (Å²) in [5.74, 6) is 1.17. The maximum Gasteiger partial charge on any atom is 0.237 e. The van der Waals surface area contributed by atoms with Gasteiger partial charge in [-0.1, -0.05) is 0 Å². The highest BCUT2D eigenvalue weighted by molar-refractivity contribution is 5.78. The average molecular weight is 320 g/mol. The molecule has 1 atom stereocenters. The maximum absolute atomic E-state index is 12.4. The molecule has 1 amide bonds. The van der Waals surface area contributed by atoms with Crippen LogP contribution < -0.4 is 0 Å². The monoisotopic (exact) mass is 320 g/mol. The lowest BCUT2D eigenvalue weighted by Crippen LogP contribution is -2.43. The standard InChI is InChI=1S/C17H28N4O2/c1-4-21-8-15-14(12-23-11-13-5-6-13)7-20(9-16(15)18-21)17(22)10-19(2)3/h8,13-14H,4-7,9-12H2,1-3H3/t14-/m1/s1. The molecule has 1 aliphatic heterocycles. The highest BCUT2D eigenvalue weighted by Gasteiger charge is 2.31. The zero-order valence-electron chi connectivity index (χ0n) is 14.5. The largest absolute Gasteiger partial charge is 0.380 e. The Morgan fingerprint density at radius 3 is 2.83 bits per heavy atom. The number of fused-ring (bicyclic) bond motifs is 1. The van der Waals surface area contributed by atoms with E-state index in [-0.39, 0.29) is 11.8 Å². The Morgan fingerprint density at radius 2 is 2.17 bits per heavy atom. The Labute approximate surface area is 138 Å². The number of ether oxygens (including phenoxy) is 1. The third kappa shape index (κ3) is 4.12. The zero-order valence-corrected chi connectivity index (χ0v) is 14.5. The number of carbonyl (C=O) groups excluding carboxylic acids is 1. The quantitative estimate of drug-likeness (QED) is 0.760. The van der Waals surface area contributed by atoms with Crippen LogP contribution in [0.1, 0.15) is 36.9 Å². The van der Waals surface area contributed by atoms with Crippen molar-refractivity contribution < 1.29 is 9.53 Å². The molecular weight excluding hydrogens is 292 g/mol. The molecule has 0 unspecified atom stereocenters. The number of aryl methyl sites for hydroxylation is 1. The highest BCUT2D eigenvalue weighted by Crippen LogP contribution is 2.31. The summed E-state index contributed by atoms with van der Waals surface area (Å²) in [5, 5.41) is 4.64. The molecule has 2 heterocycles. The molecule has 0 aromatic carbocycles. The van der Waals surface area contributed by atoms with Crippen molar-refractivity contribution >= 4 is 5.91 Å². The summed E-state index contributed by atoms with van der Waals surface area (Å²) in [6.07, 6.45) is 4.74. The van der Waals surface area contributed by atoms with Crippen molar-refractivity contribution in [3.05, 3.63) is 17.5 Å². The van der Waals surface area contributed by atoms with Crippen molar-refractivity contribution in [3.63, 3.8) is 0 Å². The average Bonchev–Trinajstić information content (AvgIpc) is 3.23. The molecule has 1 fully saturated rings. The first kappa shape index (κ1) is 16.5. The fraction of sp³-hybridized carbons (Fsp3) is 0.765. The van der Waals surface area contributed by atoms with Crippen molar-refractivity contribution in [1.29, 1.82) is 0 Å². The third-order valence-electron chi connectivity index (χ3n) is 4.59. The van der Waals surface area contributed by atoms with Gasteiger partial charge in [-0.25, -0.2) is 0 Å². The second-order valence-corrected chi connectivity index (χ2v) is 7.08. The molecule has 6 heteroatoms. The van der Waals surface area contributed by atoms with E-state index in [0.717, 1.165) is 31.3 Å². The summed E-state index contributed by atoms with van der Waals surface area (Å²) in [7, 11) is 3.85. The number of likely N-dealkylation sites (N-methyl/N-ethyl adjacent to an activating group) is 1. The SMILES string of the molecule is CCn1cc2c(n1)CN(C(=O)CN(C)C)C[C@@H]2COCC1CC1. The van der Waals surface area contributed by atoms with Gasteiger partial charge in [0.15, 0.2) is 0 Å². The Hall–Kier alpha value is -1.40. The molecule has 1 aromatic rings. The minimum absolute atomic E-state index is 0.166. The highest BCUT2D eigenvalue weighted by atomic mass is 16.5. The molecule has 0 bridgehead atoms. The Morgan fingerprint density at radius 1 is 1.39 bits per heavy atom. The predicted molar refractivity (Wildman–Crippen MR) is 88.2 cm³/mol. The van der Waals surface area contributed by atoms with Gasteiger partial charge < -0.3 is 14.5 Å². The topological polar surface area (TPSA) is 50.6 Å². The number of hydrogen-bond acceptors (Lipinski definition) is 4. The number of hydrogen-bond donors (Lipinski definition) is 0. The fourth-order valence-electron chi connectivity index (χ4n) is 3.08. The molecule has 1 saturated carbocycles. The van der Waals surface area contributed by atoms with E-state index in [1.807, 2.05) is 28.6 Å². The Kier molecular flexibility index (Phi) is 5.02. The number of nitrogens with zero attached hydrogens (tertiary/aromatic N) is 4. The van der Waals surface area contributed by atoms with Crippen LogP contribution in [0, 0.1) is 5.92 Å². The molecule has 0 saturated heterocycles. The van der Waals surface area contributed by atoms with Crippen molar-refractivity contribution in [3.8, 4) is 0 Å². The molecule has 0 N–H and O–H groups in total. The van der Waals surface area contributed by atoms with Gasteiger partial charge in [-0.3, -0.25) is 9.48 Å². The summed E-state index contributed by atoms with van der Waals surface area (Å²) >= 11 is 0. The summed E-state index contributed by atoms with van der Waals surface area (Å²) in [4.78, 5) is 16.3. The van der Waals surface area contributed by atoms with Crippen molar-refractivity contribution in [1.82, 2.24) is 19.6 Å². The molecule has 2 aliphatic rings. The van der Waals surface area contributed by atoms with Gasteiger partial charge >= 0.3 is 0 Å². The lowest BCUT2D eigenvalue weighted by molar-refractivity contribution is -0.133. The lowest BCUT2D eigenvalue weighted by atomic mass is 9.95. The Bertz CT molecular complexity index is 551. The first-order valence-electron chi connectivity index (χ1n) is 8.63. The van der Waals surface area contributed by atoms with E-state index >= 15 is 0 Å². The third-order valence-corrected chi connectivity index (χ3v) is 4.59. The van der Waals surface area contributed by atoms with E-state index in [1.165, 1.54) is 18.4 Å². The lowest BCUT2D eigenvalue weighted by Gasteiger charge is -2.32. The van der Waals surface area contributed by atoms with Gasteiger partial charge in [0.1, 0.15) is 0 Å². The Balaban J connectivity index is 1.70. The van der Waals surface area contributed by atoms with Crippen LogP contribution in [0.25, 0.3) is 0 Å². The van der Waals surface area contributed by atoms with Gasteiger partial charge in [0.2, 0.25) is 5.91 Å². The molecule has 128 valence electrons. The van der Waals surface area contributed by atoms with Crippen molar-refractivity contribution in [2.75, 3.05) is 40.4 Å². The second kappa shape index (κ2) is 7.01. The van der Waals surface area contributed by atoms with E-state index in [4.69, 9.17) is 4.74 Å². The fourth-order valence-corrected chi connectivity index (χ4v) is 3.08. The van der Waals surface area contributed by atoms with Gasteiger partial charge in [0, 0.05) is 37.4 Å². The van der Waals surface area contributed by atoms with E-state index in [0.29, 0.717) is 19.7 Å². The van der Waals surface area contributed by atoms with Gasteiger partial charge in [-0.2, -0.15) is 5.10 Å². The van der Waals surface area contributed by atoms with Gasteiger partial charge in [-0.15, -0.1) is 0 Å². The van der Waals surface area contributed by atoms with Gasteiger partial charge in [0.25, 0.3) is 0 Å². The van der Waals surface area contributed by atoms with Crippen LogP contribution >= 0.6 is 0 Å². The van der Waals surface area contributed by atoms with E-state index < -0.39 is 0 Å². The van der Waals surface area contributed by atoms with E-state index in [2.05, 4.69) is 18.2 Å². The van der Waals surface area contributed by atoms with E-state index in [9.17, 15) is 4.79 Å². The van der Waals surface area contributed by atoms with Crippen LogP contribution in [0.15, 0.2) is 6.20 Å². The van der Waals surface area contributed by atoms with Crippen molar-refractivity contribution in [2.24, 2.45) is 5.92 Å².